The molecule has 134 valence electrons. The van der Waals surface area contributed by atoms with Crippen molar-refractivity contribution in [3.05, 3.63) is 72.1 Å². The summed E-state index contributed by atoms with van der Waals surface area (Å²) in [6.45, 7) is 6.12. The van der Waals surface area contributed by atoms with Gasteiger partial charge in [0.05, 0.1) is 6.04 Å². The van der Waals surface area contributed by atoms with E-state index >= 15 is 0 Å². The molecule has 5 heteroatoms. The van der Waals surface area contributed by atoms with Crippen LogP contribution in [0.1, 0.15) is 41.8 Å². The van der Waals surface area contributed by atoms with Gasteiger partial charge in [-0.1, -0.05) is 26.0 Å². The third-order valence-corrected chi connectivity index (χ3v) is 4.47. The first-order valence-corrected chi connectivity index (χ1v) is 8.77. The molecule has 3 aromatic rings. The van der Waals surface area contributed by atoms with Crippen molar-refractivity contribution >= 4 is 5.91 Å². The molecule has 0 fully saturated rings. The van der Waals surface area contributed by atoms with Gasteiger partial charge in [-0.15, -0.1) is 0 Å². The zero-order chi connectivity index (χ0) is 18.7. The molecule has 1 unspecified atom stereocenters. The van der Waals surface area contributed by atoms with E-state index in [1.165, 1.54) is 0 Å². The van der Waals surface area contributed by atoms with Crippen molar-refractivity contribution in [3.63, 3.8) is 0 Å². The SMILES string of the molecule is Cc1cc(-c2ccc(C(=O)NC(c3nccn3C)C(C)C)cc2)ccn1. The second-order valence-electron chi connectivity index (χ2n) is 6.85. The zero-order valence-corrected chi connectivity index (χ0v) is 15.6. The van der Waals surface area contributed by atoms with Crippen LogP contribution in [0.15, 0.2) is 55.0 Å². The van der Waals surface area contributed by atoms with Crippen LogP contribution in [0.3, 0.4) is 0 Å². The van der Waals surface area contributed by atoms with E-state index in [-0.39, 0.29) is 17.9 Å². The molecule has 2 aromatic heterocycles. The Morgan fingerprint density at radius 2 is 1.77 bits per heavy atom. The van der Waals surface area contributed by atoms with Gasteiger partial charge in [-0.05, 0) is 48.2 Å². The largest absolute Gasteiger partial charge is 0.342 e. The van der Waals surface area contributed by atoms with Gasteiger partial charge in [0.15, 0.2) is 0 Å². The van der Waals surface area contributed by atoms with Gasteiger partial charge in [-0.2, -0.15) is 0 Å². The predicted molar refractivity (Wildman–Crippen MR) is 103 cm³/mol. The van der Waals surface area contributed by atoms with Crippen LogP contribution in [-0.4, -0.2) is 20.4 Å². The van der Waals surface area contributed by atoms with Gasteiger partial charge in [-0.25, -0.2) is 4.98 Å². The van der Waals surface area contributed by atoms with Gasteiger partial charge in [-0.3, -0.25) is 9.78 Å². The summed E-state index contributed by atoms with van der Waals surface area (Å²) in [4.78, 5) is 21.3. The Kier molecular flexibility index (Phi) is 5.16. The van der Waals surface area contributed by atoms with E-state index in [0.717, 1.165) is 22.6 Å². The first kappa shape index (κ1) is 17.9. The fraction of sp³-hybridized carbons (Fsp3) is 0.286. The van der Waals surface area contributed by atoms with E-state index < -0.39 is 0 Å². The average molecular weight is 348 g/mol. The number of benzene rings is 1. The molecule has 0 bridgehead atoms. The number of hydrogen-bond acceptors (Lipinski definition) is 3. The van der Waals surface area contributed by atoms with E-state index in [2.05, 4.69) is 29.1 Å². The number of hydrogen-bond donors (Lipinski definition) is 1. The standard InChI is InChI=1S/C21H24N4O/c1-14(2)19(20-23-11-12-25(20)4)24-21(26)17-7-5-16(6-8-17)18-9-10-22-15(3)13-18/h5-14,19H,1-4H3,(H,24,26). The van der Waals surface area contributed by atoms with Gasteiger partial charge in [0.1, 0.15) is 5.82 Å². The molecular weight excluding hydrogens is 324 g/mol. The maximum absolute atomic E-state index is 12.7. The van der Waals surface area contributed by atoms with Crippen LogP contribution in [0.25, 0.3) is 11.1 Å². The highest BCUT2D eigenvalue weighted by molar-refractivity contribution is 5.94. The molecule has 0 aliphatic heterocycles. The Bertz CT molecular complexity index is 896. The molecule has 1 atom stereocenters. The molecule has 5 nitrogen and oxygen atoms in total. The molecule has 26 heavy (non-hydrogen) atoms. The van der Waals surface area contributed by atoms with Crippen molar-refractivity contribution in [2.75, 3.05) is 0 Å². The average Bonchev–Trinajstić information content (AvgIpc) is 3.05. The lowest BCUT2D eigenvalue weighted by Gasteiger charge is -2.22. The molecule has 2 heterocycles. The van der Waals surface area contributed by atoms with Crippen molar-refractivity contribution in [1.82, 2.24) is 19.9 Å². The lowest BCUT2D eigenvalue weighted by atomic mass is 10.0. The number of aromatic nitrogens is 3. The molecule has 0 saturated carbocycles. The maximum atomic E-state index is 12.7. The summed E-state index contributed by atoms with van der Waals surface area (Å²) in [5.74, 6) is 1.00. The Hall–Kier alpha value is -2.95. The quantitative estimate of drug-likeness (QED) is 0.760. The van der Waals surface area contributed by atoms with Gasteiger partial charge in [0, 0.05) is 36.9 Å². The normalized spacial score (nSPS) is 12.2. The van der Waals surface area contributed by atoms with Crippen molar-refractivity contribution in [1.29, 1.82) is 0 Å². The lowest BCUT2D eigenvalue weighted by molar-refractivity contribution is 0.0922. The Morgan fingerprint density at radius 3 is 2.35 bits per heavy atom. The molecule has 0 aliphatic carbocycles. The molecule has 0 saturated heterocycles. The van der Waals surface area contributed by atoms with Crippen LogP contribution in [-0.2, 0) is 7.05 Å². The summed E-state index contributed by atoms with van der Waals surface area (Å²) < 4.78 is 1.94. The fourth-order valence-electron chi connectivity index (χ4n) is 2.97. The van der Waals surface area contributed by atoms with E-state index in [0.29, 0.717) is 5.56 Å². The predicted octanol–water partition coefficient (Wildman–Crippen LogP) is 3.92. The van der Waals surface area contributed by atoms with E-state index in [9.17, 15) is 4.79 Å². The third kappa shape index (κ3) is 3.82. The van der Waals surface area contributed by atoms with E-state index in [1.807, 2.05) is 61.1 Å². The summed E-state index contributed by atoms with van der Waals surface area (Å²) in [5.41, 5.74) is 3.77. The Morgan fingerprint density at radius 1 is 1.04 bits per heavy atom. The minimum Gasteiger partial charge on any atom is -0.342 e. The smallest absolute Gasteiger partial charge is 0.251 e. The van der Waals surface area contributed by atoms with Crippen molar-refractivity contribution < 1.29 is 4.79 Å². The second-order valence-corrected chi connectivity index (χ2v) is 6.85. The number of carbonyl (C=O) groups excluding carboxylic acids is 1. The molecule has 1 amide bonds. The van der Waals surface area contributed by atoms with Crippen LogP contribution in [0.2, 0.25) is 0 Å². The second kappa shape index (κ2) is 7.52. The number of aryl methyl sites for hydroxylation is 2. The molecule has 3 rings (SSSR count). The first-order chi connectivity index (χ1) is 12.5. The number of pyridine rings is 1. The number of nitrogens with one attached hydrogen (secondary N) is 1. The van der Waals surface area contributed by atoms with Crippen LogP contribution in [0.4, 0.5) is 0 Å². The Balaban J connectivity index is 1.78. The lowest BCUT2D eigenvalue weighted by Crippen LogP contribution is -2.33. The highest BCUT2D eigenvalue weighted by Gasteiger charge is 2.22. The number of amides is 1. The van der Waals surface area contributed by atoms with Gasteiger partial charge >= 0.3 is 0 Å². The first-order valence-electron chi connectivity index (χ1n) is 8.77. The maximum Gasteiger partial charge on any atom is 0.251 e. The molecule has 0 aliphatic rings. The number of rotatable bonds is 5. The minimum absolute atomic E-state index is 0.0934. The Labute approximate surface area is 154 Å². The van der Waals surface area contributed by atoms with Gasteiger partial charge in [0.25, 0.3) is 5.91 Å². The third-order valence-electron chi connectivity index (χ3n) is 4.47. The summed E-state index contributed by atoms with van der Waals surface area (Å²) in [6, 6.07) is 11.5. The van der Waals surface area contributed by atoms with Crippen LogP contribution >= 0.6 is 0 Å². The fourth-order valence-corrected chi connectivity index (χ4v) is 2.97. The number of imidazole rings is 1. The van der Waals surface area contributed by atoms with Crippen LogP contribution in [0.5, 0.6) is 0 Å². The molecule has 1 aromatic carbocycles. The molecule has 1 N–H and O–H groups in total. The zero-order valence-electron chi connectivity index (χ0n) is 15.6. The summed E-state index contributed by atoms with van der Waals surface area (Å²) >= 11 is 0. The van der Waals surface area contributed by atoms with Crippen molar-refractivity contribution in [2.24, 2.45) is 13.0 Å². The van der Waals surface area contributed by atoms with Gasteiger partial charge < -0.3 is 9.88 Å². The van der Waals surface area contributed by atoms with E-state index in [1.54, 1.807) is 12.4 Å². The number of nitrogens with zero attached hydrogens (tertiary/aromatic N) is 3. The van der Waals surface area contributed by atoms with Crippen LogP contribution < -0.4 is 5.32 Å². The van der Waals surface area contributed by atoms with E-state index in [4.69, 9.17) is 0 Å². The summed E-state index contributed by atoms with van der Waals surface area (Å²) in [6.07, 6.45) is 5.44. The minimum atomic E-state index is -0.134. The molecular formula is C21H24N4O. The number of carbonyl (C=O) groups is 1. The van der Waals surface area contributed by atoms with Gasteiger partial charge in [0.2, 0.25) is 0 Å². The highest BCUT2D eigenvalue weighted by atomic mass is 16.1. The summed E-state index contributed by atoms with van der Waals surface area (Å²) in [5, 5.41) is 3.11. The molecule has 0 spiro atoms. The topological polar surface area (TPSA) is 59.8 Å². The highest BCUT2D eigenvalue weighted by Crippen LogP contribution is 2.22. The van der Waals surface area contributed by atoms with Crippen molar-refractivity contribution in [2.45, 2.75) is 26.8 Å². The van der Waals surface area contributed by atoms with Crippen molar-refractivity contribution in [3.8, 4) is 11.1 Å². The van der Waals surface area contributed by atoms with Crippen LogP contribution in [0, 0.1) is 12.8 Å². The molecule has 0 radical (unpaired) electrons. The summed E-state index contributed by atoms with van der Waals surface area (Å²) in [7, 11) is 1.94. The monoisotopic (exact) mass is 348 g/mol.